The Morgan fingerprint density at radius 1 is 1.24 bits per heavy atom. The van der Waals surface area contributed by atoms with Crippen molar-refractivity contribution in [1.29, 1.82) is 0 Å². The molecule has 282 valence electrons. The maximum absolute atomic E-state index is 14.0. The fourth-order valence-electron chi connectivity index (χ4n) is 6.84. The van der Waals surface area contributed by atoms with E-state index in [0.717, 1.165) is 11.1 Å². The summed E-state index contributed by atoms with van der Waals surface area (Å²) in [6, 6.07) is 3.60. The highest BCUT2D eigenvalue weighted by molar-refractivity contribution is 7.81. The van der Waals surface area contributed by atoms with Crippen molar-refractivity contribution in [2.45, 2.75) is 107 Å². The molecule has 1 N–H and O–H groups in total. The summed E-state index contributed by atoms with van der Waals surface area (Å²) in [4.78, 5) is 55.7. The summed E-state index contributed by atoms with van der Waals surface area (Å²) in [7, 11) is 6.03. The molecule has 3 heterocycles. The van der Waals surface area contributed by atoms with E-state index in [0.29, 0.717) is 17.9 Å². The minimum atomic E-state index is -1.57. The van der Waals surface area contributed by atoms with Crippen molar-refractivity contribution < 1.29 is 48.0 Å². The molecule has 0 aliphatic carbocycles. The van der Waals surface area contributed by atoms with Crippen LogP contribution in [0.2, 0.25) is 5.02 Å². The molecule has 4 bridgehead atoms. The minimum absolute atomic E-state index is 0.0615. The van der Waals surface area contributed by atoms with Crippen LogP contribution in [0, 0.1) is 5.92 Å². The molecule has 51 heavy (non-hydrogen) atoms. The van der Waals surface area contributed by atoms with E-state index in [1.807, 2.05) is 19.9 Å². The number of likely N-dealkylation sites (N-methyl/N-ethyl adjacent to an activating group) is 1. The van der Waals surface area contributed by atoms with Crippen molar-refractivity contribution in [2.24, 2.45) is 5.92 Å². The molecule has 1 aromatic carbocycles. The van der Waals surface area contributed by atoms with Crippen LogP contribution in [0.25, 0.3) is 0 Å². The lowest BCUT2D eigenvalue weighted by Crippen LogP contribution is -2.53. The Hall–Kier alpha value is -3.10. The minimum Gasteiger partial charge on any atom is -0.495 e. The number of carbonyl (C=O) groups excluding carboxylic acids is 4. The van der Waals surface area contributed by atoms with Gasteiger partial charge >= 0.3 is 11.9 Å². The summed E-state index contributed by atoms with van der Waals surface area (Å²) in [6.45, 7) is 8.71. The van der Waals surface area contributed by atoms with Gasteiger partial charge in [-0.3, -0.25) is 19.2 Å². The average molecular weight is 751 g/mol. The van der Waals surface area contributed by atoms with Gasteiger partial charge in [-0.05, 0) is 38.0 Å². The third kappa shape index (κ3) is 9.67. The number of nitrogens with zero attached hydrogens (tertiary/aromatic N) is 2. The summed E-state index contributed by atoms with van der Waals surface area (Å²) in [6.07, 6.45) is 2.10. The van der Waals surface area contributed by atoms with Crippen molar-refractivity contribution in [3.05, 3.63) is 46.5 Å². The molecule has 4 rings (SSSR count). The van der Waals surface area contributed by atoms with Crippen LogP contribution in [0.15, 0.2) is 35.9 Å². The molecule has 2 amide bonds. The van der Waals surface area contributed by atoms with Crippen LogP contribution in [-0.2, 0) is 44.5 Å². The van der Waals surface area contributed by atoms with Crippen LogP contribution in [0.1, 0.15) is 65.9 Å². The van der Waals surface area contributed by atoms with Crippen LogP contribution in [-0.4, -0.2) is 109 Å². The predicted molar refractivity (Wildman–Crippen MR) is 195 cm³/mol. The van der Waals surface area contributed by atoms with Gasteiger partial charge in [0.2, 0.25) is 11.8 Å². The summed E-state index contributed by atoms with van der Waals surface area (Å²) in [5.74, 6) is -2.15. The molecule has 14 heteroatoms. The Morgan fingerprint density at radius 3 is 2.55 bits per heavy atom. The number of benzene rings is 1. The number of methoxy groups -OCH3 is 2. The molecular formula is C37H51ClN2O10S. The van der Waals surface area contributed by atoms with Crippen LogP contribution >= 0.6 is 24.2 Å². The van der Waals surface area contributed by atoms with E-state index < -0.39 is 64.1 Å². The molecule has 0 spiro atoms. The molecule has 1 aromatic rings. The summed E-state index contributed by atoms with van der Waals surface area (Å²) >= 11 is 11.2. The van der Waals surface area contributed by atoms with Crippen LogP contribution in [0.5, 0.6) is 5.75 Å². The van der Waals surface area contributed by atoms with E-state index in [9.17, 15) is 24.3 Å². The van der Waals surface area contributed by atoms with Crippen molar-refractivity contribution in [3.8, 4) is 5.75 Å². The van der Waals surface area contributed by atoms with Crippen molar-refractivity contribution in [2.75, 3.05) is 39.8 Å². The Bertz CT molecular complexity index is 1580. The van der Waals surface area contributed by atoms with Gasteiger partial charge in [0.05, 0.1) is 31.7 Å². The summed E-state index contributed by atoms with van der Waals surface area (Å²) < 4.78 is 28.6. The zero-order chi connectivity index (χ0) is 38.1. The van der Waals surface area contributed by atoms with E-state index >= 15 is 0 Å². The van der Waals surface area contributed by atoms with E-state index in [1.165, 1.54) is 31.1 Å². The number of amides is 2. The topological polar surface area (TPSA) is 144 Å². The maximum Gasteiger partial charge on any atom is 0.326 e. The van der Waals surface area contributed by atoms with Gasteiger partial charge in [0, 0.05) is 44.7 Å². The van der Waals surface area contributed by atoms with Gasteiger partial charge in [-0.1, -0.05) is 56.2 Å². The molecule has 0 aromatic heterocycles. The maximum atomic E-state index is 14.0. The molecule has 2 saturated heterocycles. The lowest BCUT2D eigenvalue weighted by atomic mass is 9.78. The standard InChI is InChI=1S/C37H51ClN2O10S/c1-21-11-10-12-27(47-9)37(45)17-26(48-31(43)19-37)22(2)34-36(5,50-34)28(49-32(44)20-39(6)30(42)18-35(3,4)51)16-29(41)40(7)24-14-23(13-21)15-25(46-8)33(24)38/h10-12,14-15,22,26-28,34,45,51H,13,16-20H2,1-9H3/b12-10+,21-11+/t22-,26+,27-,28+,34+,36+,37-/m1/s1. The SMILES string of the molecule is COc1cc2cc(c1Cl)N(C)C(=O)C[C@H](OC(=O)CN(C)C(=O)CC(C)(C)S)[C@]1(C)O[C@H]1[C@H](C)[C@@H]1C[C@@](O)(CC(=O)O1)[C@H](OC)/C=C/C=C(\C)C2. The number of allylic oxidation sites excluding steroid dienone is 3. The number of carbonyl (C=O) groups is 4. The fourth-order valence-corrected chi connectivity index (χ4v) is 7.29. The molecule has 0 unspecified atom stereocenters. The first kappa shape index (κ1) is 40.7. The molecular weight excluding hydrogens is 700 g/mol. The Morgan fingerprint density at radius 2 is 1.92 bits per heavy atom. The van der Waals surface area contributed by atoms with E-state index in [4.69, 9.17) is 35.3 Å². The van der Waals surface area contributed by atoms with Crippen molar-refractivity contribution in [3.63, 3.8) is 0 Å². The number of esters is 2. The van der Waals surface area contributed by atoms with Crippen LogP contribution in [0.4, 0.5) is 5.69 Å². The number of hydrogen-bond acceptors (Lipinski definition) is 11. The van der Waals surface area contributed by atoms with E-state index in [1.54, 1.807) is 52.1 Å². The second kappa shape index (κ2) is 15.9. The molecule has 7 atom stereocenters. The second-order valence-corrected chi connectivity index (χ2v) is 16.4. The zero-order valence-corrected chi connectivity index (χ0v) is 32.5. The normalized spacial score (nSPS) is 31.8. The number of aliphatic hydroxyl groups is 1. The van der Waals surface area contributed by atoms with Gasteiger partial charge in [-0.25, -0.2) is 0 Å². The number of epoxide rings is 1. The van der Waals surface area contributed by atoms with Crippen LogP contribution < -0.4 is 9.64 Å². The van der Waals surface area contributed by atoms with Gasteiger partial charge in [0.25, 0.3) is 0 Å². The largest absolute Gasteiger partial charge is 0.495 e. The first-order valence-electron chi connectivity index (χ1n) is 17.0. The molecule has 0 saturated carbocycles. The smallest absolute Gasteiger partial charge is 0.326 e. The molecule has 2 fully saturated rings. The quantitative estimate of drug-likeness (QED) is 0.233. The van der Waals surface area contributed by atoms with Gasteiger partial charge in [-0.15, -0.1) is 0 Å². The van der Waals surface area contributed by atoms with Gasteiger partial charge in [0.15, 0.2) is 0 Å². The summed E-state index contributed by atoms with van der Waals surface area (Å²) in [5.41, 5.74) is -0.592. The van der Waals surface area contributed by atoms with E-state index in [2.05, 4.69) is 12.6 Å². The number of anilines is 1. The number of thiol groups is 1. The Balaban J connectivity index is 1.74. The number of halogens is 1. The van der Waals surface area contributed by atoms with Gasteiger partial charge in [0.1, 0.15) is 46.8 Å². The Kier molecular flexibility index (Phi) is 12.7. The fraction of sp³-hybridized carbons (Fsp3) is 0.622. The number of fused-ring (bicyclic) bond motifs is 5. The highest BCUT2D eigenvalue weighted by Gasteiger charge is 2.64. The highest BCUT2D eigenvalue weighted by Crippen LogP contribution is 2.49. The van der Waals surface area contributed by atoms with Crippen LogP contribution in [0.3, 0.4) is 0 Å². The molecule has 0 radical (unpaired) electrons. The lowest BCUT2D eigenvalue weighted by molar-refractivity contribution is -0.187. The molecule has 3 aliphatic heterocycles. The highest BCUT2D eigenvalue weighted by atomic mass is 35.5. The van der Waals surface area contributed by atoms with Gasteiger partial charge in [-0.2, -0.15) is 12.6 Å². The first-order valence-corrected chi connectivity index (χ1v) is 17.8. The second-order valence-electron chi connectivity index (χ2n) is 14.8. The third-order valence-corrected chi connectivity index (χ3v) is 10.4. The lowest BCUT2D eigenvalue weighted by Gasteiger charge is -2.41. The van der Waals surface area contributed by atoms with Gasteiger partial charge < -0.3 is 38.6 Å². The monoisotopic (exact) mass is 750 g/mol. The predicted octanol–water partition coefficient (Wildman–Crippen LogP) is 4.47. The van der Waals surface area contributed by atoms with Crippen molar-refractivity contribution in [1.82, 2.24) is 4.90 Å². The summed E-state index contributed by atoms with van der Waals surface area (Å²) in [5, 5.41) is 12.0. The number of ether oxygens (including phenoxy) is 5. The number of rotatable bonds is 7. The number of hydrogen-bond donors (Lipinski definition) is 2. The average Bonchev–Trinajstić information content (AvgIpc) is 3.73. The molecule has 3 aliphatic rings. The third-order valence-electron chi connectivity index (χ3n) is 9.86. The first-order chi connectivity index (χ1) is 23.7. The Labute approximate surface area is 310 Å². The molecule has 12 nitrogen and oxygen atoms in total. The van der Waals surface area contributed by atoms with E-state index in [-0.39, 0.29) is 43.2 Å². The zero-order valence-electron chi connectivity index (χ0n) is 30.9. The van der Waals surface area contributed by atoms with Crippen molar-refractivity contribution >= 4 is 53.7 Å².